The number of ether oxygens (including phenoxy) is 1. The van der Waals surface area contributed by atoms with E-state index in [1.165, 1.54) is 0 Å². The summed E-state index contributed by atoms with van der Waals surface area (Å²) in [6.07, 6.45) is 5.14. The summed E-state index contributed by atoms with van der Waals surface area (Å²) in [5, 5.41) is 10.3. The Labute approximate surface area is 109 Å². The van der Waals surface area contributed by atoms with E-state index >= 15 is 0 Å². The van der Waals surface area contributed by atoms with E-state index in [-0.39, 0.29) is 5.41 Å². The highest BCUT2D eigenvalue weighted by molar-refractivity contribution is 5.02. The lowest BCUT2D eigenvalue weighted by molar-refractivity contribution is -0.113. The van der Waals surface area contributed by atoms with Crippen molar-refractivity contribution >= 4 is 0 Å². The van der Waals surface area contributed by atoms with Gasteiger partial charge in [-0.1, -0.05) is 13.8 Å². The molecule has 0 radical (unpaired) electrons. The summed E-state index contributed by atoms with van der Waals surface area (Å²) in [4.78, 5) is 4.12. The van der Waals surface area contributed by atoms with Crippen LogP contribution in [0, 0.1) is 5.41 Å². The fraction of sp³-hybridized carbons (Fsp3) is 0.846. The van der Waals surface area contributed by atoms with Gasteiger partial charge in [0, 0.05) is 24.5 Å². The molecule has 2 atom stereocenters. The number of hydrogen-bond acceptors (Lipinski definition) is 4. The minimum absolute atomic E-state index is 0.252. The van der Waals surface area contributed by atoms with E-state index in [0.717, 1.165) is 38.2 Å². The molecule has 0 aliphatic heterocycles. The number of nitrogens with one attached hydrogen (secondary N) is 2. The van der Waals surface area contributed by atoms with Crippen molar-refractivity contribution in [1.29, 1.82) is 0 Å². The van der Waals surface area contributed by atoms with Crippen molar-refractivity contribution in [2.45, 2.75) is 52.2 Å². The maximum Gasteiger partial charge on any atom is 0.137 e. The van der Waals surface area contributed by atoms with Crippen LogP contribution in [0.4, 0.5) is 0 Å². The molecule has 1 fully saturated rings. The lowest BCUT2D eigenvalue weighted by Crippen LogP contribution is -2.61. The van der Waals surface area contributed by atoms with Crippen molar-refractivity contribution in [3.05, 3.63) is 12.2 Å². The van der Waals surface area contributed by atoms with Gasteiger partial charge in [0.15, 0.2) is 0 Å². The van der Waals surface area contributed by atoms with Gasteiger partial charge in [0.2, 0.25) is 0 Å². The molecule has 2 N–H and O–H groups in total. The van der Waals surface area contributed by atoms with Gasteiger partial charge >= 0.3 is 0 Å². The van der Waals surface area contributed by atoms with E-state index in [1.54, 1.807) is 6.33 Å². The second-order valence-electron chi connectivity index (χ2n) is 5.54. The van der Waals surface area contributed by atoms with Gasteiger partial charge in [0.1, 0.15) is 12.2 Å². The molecule has 0 aromatic carbocycles. The SMILES string of the molecule is CCOC1CC(NCCCc2ncn[nH]2)C1(C)C. The molecule has 1 aliphatic rings. The van der Waals surface area contributed by atoms with Crippen LogP contribution >= 0.6 is 0 Å². The first-order valence-electron chi connectivity index (χ1n) is 6.83. The Morgan fingerprint density at radius 3 is 3.00 bits per heavy atom. The van der Waals surface area contributed by atoms with Gasteiger partial charge < -0.3 is 10.1 Å². The van der Waals surface area contributed by atoms with Crippen LogP contribution in [0.2, 0.25) is 0 Å². The summed E-state index contributed by atoms with van der Waals surface area (Å²) in [5.74, 6) is 0.969. The van der Waals surface area contributed by atoms with Crippen LogP contribution in [0.25, 0.3) is 0 Å². The smallest absolute Gasteiger partial charge is 0.137 e. The quantitative estimate of drug-likeness (QED) is 0.722. The summed E-state index contributed by atoms with van der Waals surface area (Å²) < 4.78 is 5.73. The Balaban J connectivity index is 1.63. The highest BCUT2D eigenvalue weighted by Crippen LogP contribution is 2.42. The fourth-order valence-corrected chi connectivity index (χ4v) is 2.60. The molecule has 1 aliphatic carbocycles. The third-order valence-corrected chi connectivity index (χ3v) is 3.99. The van der Waals surface area contributed by atoms with Crippen molar-refractivity contribution in [1.82, 2.24) is 20.5 Å². The summed E-state index contributed by atoms with van der Waals surface area (Å²) in [6, 6.07) is 0.573. The third kappa shape index (κ3) is 2.90. The summed E-state index contributed by atoms with van der Waals surface area (Å²) in [6.45, 7) is 8.46. The van der Waals surface area contributed by atoms with Crippen molar-refractivity contribution in [3.63, 3.8) is 0 Å². The predicted octanol–water partition coefficient (Wildman–Crippen LogP) is 1.53. The Morgan fingerprint density at radius 2 is 2.39 bits per heavy atom. The molecule has 0 bridgehead atoms. The number of hydrogen-bond donors (Lipinski definition) is 2. The molecule has 1 heterocycles. The zero-order valence-corrected chi connectivity index (χ0v) is 11.6. The molecule has 102 valence electrons. The van der Waals surface area contributed by atoms with Gasteiger partial charge in [0.25, 0.3) is 0 Å². The molecule has 18 heavy (non-hydrogen) atoms. The van der Waals surface area contributed by atoms with Crippen molar-refractivity contribution in [3.8, 4) is 0 Å². The van der Waals surface area contributed by atoms with Crippen LogP contribution in [-0.4, -0.2) is 40.5 Å². The molecule has 0 saturated heterocycles. The zero-order valence-electron chi connectivity index (χ0n) is 11.6. The Kier molecular flexibility index (Phi) is 4.35. The molecule has 0 amide bonds. The van der Waals surface area contributed by atoms with Crippen LogP contribution in [0.1, 0.15) is 39.4 Å². The van der Waals surface area contributed by atoms with E-state index in [0.29, 0.717) is 12.1 Å². The van der Waals surface area contributed by atoms with Crippen LogP contribution in [0.15, 0.2) is 6.33 Å². The number of aromatic amines is 1. The topological polar surface area (TPSA) is 62.8 Å². The lowest BCUT2D eigenvalue weighted by atomic mass is 9.64. The molecular formula is C13H24N4O. The number of aryl methyl sites for hydroxylation is 1. The molecule has 2 unspecified atom stereocenters. The van der Waals surface area contributed by atoms with Gasteiger partial charge in [0.05, 0.1) is 6.10 Å². The molecule has 5 nitrogen and oxygen atoms in total. The monoisotopic (exact) mass is 252 g/mol. The second-order valence-corrected chi connectivity index (χ2v) is 5.54. The third-order valence-electron chi connectivity index (χ3n) is 3.99. The van der Waals surface area contributed by atoms with Crippen molar-refractivity contribution < 1.29 is 4.74 Å². The van der Waals surface area contributed by atoms with E-state index in [9.17, 15) is 0 Å². The first-order valence-corrected chi connectivity index (χ1v) is 6.83. The summed E-state index contributed by atoms with van der Waals surface area (Å²) >= 11 is 0. The van der Waals surface area contributed by atoms with Gasteiger partial charge in [-0.15, -0.1) is 0 Å². The standard InChI is InChI=1S/C13H24N4O/c1-4-18-11-8-10(13(11,2)3)14-7-5-6-12-15-9-16-17-12/h9-11,14H,4-8H2,1-3H3,(H,15,16,17). The van der Waals surface area contributed by atoms with Crippen molar-refractivity contribution in [2.75, 3.05) is 13.2 Å². The molecule has 1 aromatic rings. The minimum atomic E-state index is 0.252. The molecule has 1 aromatic heterocycles. The summed E-state index contributed by atoms with van der Waals surface area (Å²) in [7, 11) is 0. The van der Waals surface area contributed by atoms with Gasteiger partial charge in [-0.05, 0) is 26.3 Å². The number of aromatic nitrogens is 3. The van der Waals surface area contributed by atoms with Crippen LogP contribution in [-0.2, 0) is 11.2 Å². The molecule has 0 spiro atoms. The van der Waals surface area contributed by atoms with Crippen molar-refractivity contribution in [2.24, 2.45) is 5.41 Å². The highest BCUT2D eigenvalue weighted by Gasteiger charge is 2.48. The number of H-pyrrole nitrogens is 1. The second kappa shape index (κ2) is 5.80. The highest BCUT2D eigenvalue weighted by atomic mass is 16.5. The zero-order chi connectivity index (χ0) is 13.0. The van der Waals surface area contributed by atoms with E-state index in [1.807, 2.05) is 0 Å². The van der Waals surface area contributed by atoms with Gasteiger partial charge in [-0.2, -0.15) is 5.10 Å². The average molecular weight is 252 g/mol. The van der Waals surface area contributed by atoms with E-state index < -0.39 is 0 Å². The van der Waals surface area contributed by atoms with Gasteiger partial charge in [-0.3, -0.25) is 5.10 Å². The average Bonchev–Trinajstić information content (AvgIpc) is 2.84. The predicted molar refractivity (Wildman–Crippen MR) is 70.3 cm³/mol. The first kappa shape index (κ1) is 13.5. The van der Waals surface area contributed by atoms with Crippen LogP contribution < -0.4 is 5.32 Å². The first-order chi connectivity index (χ1) is 8.64. The molecular weight excluding hydrogens is 228 g/mol. The van der Waals surface area contributed by atoms with E-state index in [2.05, 4.69) is 41.3 Å². The number of nitrogens with zero attached hydrogens (tertiary/aromatic N) is 2. The molecule has 5 heteroatoms. The summed E-state index contributed by atoms with van der Waals surface area (Å²) in [5.41, 5.74) is 0.252. The Hall–Kier alpha value is -0.940. The largest absolute Gasteiger partial charge is 0.378 e. The fourth-order valence-electron chi connectivity index (χ4n) is 2.60. The normalized spacial score (nSPS) is 25.9. The lowest BCUT2D eigenvalue weighted by Gasteiger charge is -2.52. The van der Waals surface area contributed by atoms with E-state index in [4.69, 9.17) is 4.74 Å². The van der Waals surface area contributed by atoms with Crippen LogP contribution in [0.3, 0.4) is 0 Å². The maximum absolute atomic E-state index is 5.73. The molecule has 2 rings (SSSR count). The number of rotatable bonds is 7. The Morgan fingerprint density at radius 1 is 1.56 bits per heavy atom. The molecule has 1 saturated carbocycles. The minimum Gasteiger partial charge on any atom is -0.378 e. The van der Waals surface area contributed by atoms with Crippen LogP contribution in [0.5, 0.6) is 0 Å². The Bertz CT molecular complexity index is 350. The van der Waals surface area contributed by atoms with Gasteiger partial charge in [-0.25, -0.2) is 4.98 Å². The maximum atomic E-state index is 5.73.